The molecule has 0 atom stereocenters. The third kappa shape index (κ3) is 1.97. The molecule has 0 saturated carbocycles. The molecular formula is C15H11NO3. The minimum absolute atomic E-state index is 0.0458. The van der Waals surface area contributed by atoms with Crippen molar-refractivity contribution in [1.82, 2.24) is 0 Å². The van der Waals surface area contributed by atoms with Crippen molar-refractivity contribution in [2.45, 2.75) is 6.61 Å². The number of ketones is 1. The number of nitrogens with zero attached hydrogens (tertiary/aromatic N) is 1. The van der Waals surface area contributed by atoms with Crippen LogP contribution in [0.15, 0.2) is 47.6 Å². The molecule has 2 aromatic carbocycles. The van der Waals surface area contributed by atoms with Gasteiger partial charge in [-0.1, -0.05) is 35.5 Å². The number of hydrogen-bond acceptors (Lipinski definition) is 4. The highest BCUT2D eigenvalue weighted by atomic mass is 16.5. The minimum Gasteiger partial charge on any atom is -0.488 e. The van der Waals surface area contributed by atoms with E-state index in [-0.39, 0.29) is 5.78 Å². The van der Waals surface area contributed by atoms with Gasteiger partial charge in [0.2, 0.25) is 0 Å². The van der Waals surface area contributed by atoms with Crippen molar-refractivity contribution in [3.05, 3.63) is 64.7 Å². The molecule has 0 fully saturated rings. The molecule has 3 rings (SSSR count). The largest absolute Gasteiger partial charge is 0.488 e. The molecule has 1 aliphatic heterocycles. The van der Waals surface area contributed by atoms with E-state index in [2.05, 4.69) is 5.16 Å². The second-order valence-corrected chi connectivity index (χ2v) is 4.28. The number of oxime groups is 1. The van der Waals surface area contributed by atoms with E-state index >= 15 is 0 Å². The summed E-state index contributed by atoms with van der Waals surface area (Å²) in [6.45, 7) is 0.356. The lowest BCUT2D eigenvalue weighted by molar-refractivity contribution is 0.103. The standard InChI is InChI=1S/C15H11NO3/c17-15-12-4-2-1-3-11(12)9-19-14-7-10(8-16-18)5-6-13(14)15/h1-8,18H,9H2/b16-8+. The summed E-state index contributed by atoms with van der Waals surface area (Å²) in [4.78, 5) is 12.4. The van der Waals surface area contributed by atoms with E-state index in [1.165, 1.54) is 6.21 Å². The second kappa shape index (κ2) is 4.57. The zero-order valence-corrected chi connectivity index (χ0v) is 10.0. The lowest BCUT2D eigenvalue weighted by atomic mass is 9.98. The first-order chi connectivity index (χ1) is 9.29. The second-order valence-electron chi connectivity index (χ2n) is 4.28. The molecule has 4 nitrogen and oxygen atoms in total. The molecule has 94 valence electrons. The molecule has 1 aliphatic rings. The summed E-state index contributed by atoms with van der Waals surface area (Å²) in [5.74, 6) is 0.467. The lowest BCUT2D eigenvalue weighted by Crippen LogP contribution is -2.02. The summed E-state index contributed by atoms with van der Waals surface area (Å²) in [5.41, 5.74) is 2.76. The van der Waals surface area contributed by atoms with E-state index in [0.717, 1.165) is 5.56 Å². The Labute approximate surface area is 109 Å². The predicted octanol–water partition coefficient (Wildman–Crippen LogP) is 2.62. The van der Waals surface area contributed by atoms with E-state index in [1.807, 2.05) is 18.2 Å². The Morgan fingerprint density at radius 2 is 2.00 bits per heavy atom. The van der Waals surface area contributed by atoms with Crippen LogP contribution in [0.2, 0.25) is 0 Å². The van der Waals surface area contributed by atoms with Crippen LogP contribution in [0.4, 0.5) is 0 Å². The maximum absolute atomic E-state index is 12.4. The van der Waals surface area contributed by atoms with Gasteiger partial charge in [0.15, 0.2) is 5.78 Å². The average Bonchev–Trinajstić information content (AvgIpc) is 2.58. The van der Waals surface area contributed by atoms with Crippen LogP contribution in [0.3, 0.4) is 0 Å². The molecular weight excluding hydrogens is 242 g/mol. The first-order valence-corrected chi connectivity index (χ1v) is 5.86. The van der Waals surface area contributed by atoms with Crippen LogP contribution in [0, 0.1) is 0 Å². The van der Waals surface area contributed by atoms with Crippen molar-refractivity contribution in [2.75, 3.05) is 0 Å². The Balaban J connectivity index is 2.12. The fourth-order valence-corrected chi connectivity index (χ4v) is 2.16. The van der Waals surface area contributed by atoms with Crippen LogP contribution >= 0.6 is 0 Å². The summed E-state index contributed by atoms with van der Waals surface area (Å²) in [7, 11) is 0. The molecule has 0 saturated heterocycles. The summed E-state index contributed by atoms with van der Waals surface area (Å²) in [6, 6.07) is 12.5. The number of rotatable bonds is 1. The van der Waals surface area contributed by atoms with Crippen LogP contribution < -0.4 is 4.74 Å². The molecule has 0 bridgehead atoms. The molecule has 19 heavy (non-hydrogen) atoms. The Kier molecular flexibility index (Phi) is 2.76. The quantitative estimate of drug-likeness (QED) is 0.483. The van der Waals surface area contributed by atoms with Gasteiger partial charge in [0.25, 0.3) is 0 Å². The van der Waals surface area contributed by atoms with E-state index in [9.17, 15) is 4.79 Å². The molecule has 4 heteroatoms. The van der Waals surface area contributed by atoms with E-state index < -0.39 is 0 Å². The normalized spacial score (nSPS) is 13.6. The van der Waals surface area contributed by atoms with Crippen LogP contribution in [0.1, 0.15) is 27.0 Å². The Hall–Kier alpha value is -2.62. The van der Waals surface area contributed by atoms with Gasteiger partial charge in [0.1, 0.15) is 12.4 Å². The number of carbonyl (C=O) groups excluding carboxylic acids is 1. The van der Waals surface area contributed by atoms with Gasteiger partial charge < -0.3 is 9.94 Å². The molecule has 0 aliphatic carbocycles. The van der Waals surface area contributed by atoms with E-state index in [4.69, 9.17) is 9.94 Å². The van der Waals surface area contributed by atoms with Crippen LogP contribution in [0.5, 0.6) is 5.75 Å². The van der Waals surface area contributed by atoms with Gasteiger partial charge in [-0.2, -0.15) is 0 Å². The summed E-state index contributed by atoms with van der Waals surface area (Å²) >= 11 is 0. The molecule has 0 radical (unpaired) electrons. The predicted molar refractivity (Wildman–Crippen MR) is 70.0 cm³/mol. The monoisotopic (exact) mass is 253 g/mol. The molecule has 1 heterocycles. The van der Waals surface area contributed by atoms with Crippen molar-refractivity contribution in [2.24, 2.45) is 5.16 Å². The van der Waals surface area contributed by atoms with Gasteiger partial charge in [0.05, 0.1) is 11.8 Å². The van der Waals surface area contributed by atoms with Crippen molar-refractivity contribution in [1.29, 1.82) is 0 Å². The van der Waals surface area contributed by atoms with E-state index in [1.54, 1.807) is 24.3 Å². The van der Waals surface area contributed by atoms with Crippen molar-refractivity contribution in [3.63, 3.8) is 0 Å². The maximum Gasteiger partial charge on any atom is 0.197 e. The van der Waals surface area contributed by atoms with Crippen molar-refractivity contribution in [3.8, 4) is 5.75 Å². The molecule has 0 aromatic heterocycles. The number of hydrogen-bond donors (Lipinski definition) is 1. The fraction of sp³-hybridized carbons (Fsp3) is 0.0667. The van der Waals surface area contributed by atoms with Gasteiger partial charge in [-0.15, -0.1) is 0 Å². The number of fused-ring (bicyclic) bond motifs is 2. The third-order valence-electron chi connectivity index (χ3n) is 3.10. The van der Waals surface area contributed by atoms with Crippen molar-refractivity contribution >= 4 is 12.0 Å². The zero-order valence-electron chi connectivity index (χ0n) is 10.0. The van der Waals surface area contributed by atoms with Gasteiger partial charge in [-0.3, -0.25) is 4.79 Å². The lowest BCUT2D eigenvalue weighted by Gasteiger charge is -2.06. The van der Waals surface area contributed by atoms with Gasteiger partial charge in [-0.05, 0) is 17.7 Å². The molecule has 0 unspecified atom stereocenters. The highest BCUT2D eigenvalue weighted by Crippen LogP contribution is 2.28. The minimum atomic E-state index is -0.0458. The summed E-state index contributed by atoms with van der Waals surface area (Å²) < 4.78 is 5.67. The highest BCUT2D eigenvalue weighted by Gasteiger charge is 2.21. The Morgan fingerprint density at radius 3 is 2.84 bits per heavy atom. The van der Waals surface area contributed by atoms with Gasteiger partial charge >= 0.3 is 0 Å². The van der Waals surface area contributed by atoms with Crippen LogP contribution in [-0.2, 0) is 6.61 Å². The first kappa shape index (κ1) is 11.5. The Bertz CT molecular complexity index is 677. The molecule has 1 N–H and O–H groups in total. The van der Waals surface area contributed by atoms with Crippen LogP contribution in [0.25, 0.3) is 0 Å². The number of carbonyl (C=O) groups is 1. The van der Waals surface area contributed by atoms with Crippen LogP contribution in [-0.4, -0.2) is 17.2 Å². The SMILES string of the molecule is O=C1c2ccccc2COc2cc(/C=N/O)ccc21. The zero-order chi connectivity index (χ0) is 13.2. The highest BCUT2D eigenvalue weighted by molar-refractivity contribution is 6.12. The molecule has 0 spiro atoms. The number of ether oxygens (including phenoxy) is 1. The first-order valence-electron chi connectivity index (χ1n) is 5.86. The fourth-order valence-electron chi connectivity index (χ4n) is 2.16. The van der Waals surface area contributed by atoms with Crippen molar-refractivity contribution < 1.29 is 14.7 Å². The third-order valence-corrected chi connectivity index (χ3v) is 3.10. The topological polar surface area (TPSA) is 58.9 Å². The van der Waals surface area contributed by atoms with E-state index in [0.29, 0.717) is 29.0 Å². The Morgan fingerprint density at radius 1 is 1.16 bits per heavy atom. The summed E-state index contributed by atoms with van der Waals surface area (Å²) in [5, 5.41) is 11.5. The van der Waals surface area contributed by atoms with Gasteiger partial charge in [-0.25, -0.2) is 0 Å². The molecule has 0 amide bonds. The molecule has 2 aromatic rings. The summed E-state index contributed by atoms with van der Waals surface area (Å²) in [6.07, 6.45) is 1.30. The average molecular weight is 253 g/mol. The smallest absolute Gasteiger partial charge is 0.197 e. The number of benzene rings is 2. The maximum atomic E-state index is 12.4. The van der Waals surface area contributed by atoms with Gasteiger partial charge in [0, 0.05) is 11.1 Å².